The third kappa shape index (κ3) is 3.68. The molecule has 0 spiro atoms. The monoisotopic (exact) mass is 347 g/mol. The number of morpholine rings is 1. The topological polar surface area (TPSA) is 67.0 Å². The van der Waals surface area contributed by atoms with Crippen molar-refractivity contribution in [2.24, 2.45) is 5.92 Å². The molecule has 0 amide bonds. The zero-order chi connectivity index (χ0) is 16.9. The Morgan fingerprint density at radius 3 is 2.88 bits per heavy atom. The second kappa shape index (κ2) is 7.64. The minimum atomic E-state index is -0.310. The number of thioether (sulfide) groups is 1. The molecule has 0 aliphatic carbocycles. The Balaban J connectivity index is 1.97. The molecule has 0 radical (unpaired) electrons. The fourth-order valence-corrected chi connectivity index (χ4v) is 3.29. The fourth-order valence-electron chi connectivity index (χ4n) is 2.40. The zero-order valence-corrected chi connectivity index (χ0v) is 14.2. The van der Waals surface area contributed by atoms with Crippen LogP contribution in [0.1, 0.15) is 6.92 Å². The number of halogens is 1. The number of aromatic nitrogens is 3. The lowest BCUT2D eigenvalue weighted by Gasteiger charge is -2.27. The summed E-state index contributed by atoms with van der Waals surface area (Å²) in [5.74, 6) is 0.874. The van der Waals surface area contributed by atoms with Crippen LogP contribution in [0, 0.1) is 23.1 Å². The first kappa shape index (κ1) is 16.7. The van der Waals surface area contributed by atoms with E-state index in [0.29, 0.717) is 48.8 Å². The number of hydrogen-bond donors (Lipinski definition) is 0. The molecule has 1 saturated heterocycles. The van der Waals surface area contributed by atoms with Gasteiger partial charge in [-0.2, -0.15) is 5.26 Å². The molecule has 0 unspecified atom stereocenters. The van der Waals surface area contributed by atoms with Gasteiger partial charge in [0.25, 0.3) is 0 Å². The Labute approximate surface area is 144 Å². The number of ether oxygens (including phenoxy) is 1. The van der Waals surface area contributed by atoms with Crippen LogP contribution in [0.3, 0.4) is 0 Å². The van der Waals surface area contributed by atoms with E-state index in [1.54, 1.807) is 6.07 Å². The van der Waals surface area contributed by atoms with Crippen LogP contribution in [0.25, 0.3) is 5.69 Å². The SMILES string of the molecule is C[C@@H](C#N)CSc1nnc(N2CCOCC2)n1-c1cccc(F)c1. The Bertz CT molecular complexity index is 738. The van der Waals surface area contributed by atoms with Gasteiger partial charge < -0.3 is 9.64 Å². The van der Waals surface area contributed by atoms with E-state index in [1.165, 1.54) is 23.9 Å². The lowest BCUT2D eigenvalue weighted by atomic mass is 10.3. The molecule has 1 aromatic heterocycles. The van der Waals surface area contributed by atoms with Crippen molar-refractivity contribution < 1.29 is 9.13 Å². The van der Waals surface area contributed by atoms with Crippen LogP contribution in [0.4, 0.5) is 10.3 Å². The third-order valence-electron chi connectivity index (χ3n) is 3.66. The Kier molecular flexibility index (Phi) is 5.33. The van der Waals surface area contributed by atoms with E-state index in [9.17, 15) is 4.39 Å². The first-order valence-electron chi connectivity index (χ1n) is 7.75. The maximum absolute atomic E-state index is 13.7. The maximum Gasteiger partial charge on any atom is 0.232 e. The van der Waals surface area contributed by atoms with Crippen molar-refractivity contribution in [3.8, 4) is 11.8 Å². The summed E-state index contributed by atoms with van der Waals surface area (Å²) in [6.45, 7) is 4.55. The van der Waals surface area contributed by atoms with Gasteiger partial charge in [-0.25, -0.2) is 4.39 Å². The summed E-state index contributed by atoms with van der Waals surface area (Å²) in [5, 5.41) is 18.2. The van der Waals surface area contributed by atoms with Crippen molar-refractivity contribution in [2.45, 2.75) is 12.1 Å². The van der Waals surface area contributed by atoms with Crippen LogP contribution >= 0.6 is 11.8 Å². The van der Waals surface area contributed by atoms with E-state index in [2.05, 4.69) is 21.2 Å². The first-order chi connectivity index (χ1) is 11.7. The summed E-state index contributed by atoms with van der Waals surface area (Å²) in [6.07, 6.45) is 0. The van der Waals surface area contributed by atoms with Crippen LogP contribution in [0.5, 0.6) is 0 Å². The molecule has 1 aromatic carbocycles. The number of anilines is 1. The van der Waals surface area contributed by atoms with Crippen LogP contribution in [0.15, 0.2) is 29.4 Å². The molecule has 1 aliphatic heterocycles. The molecule has 0 bridgehead atoms. The van der Waals surface area contributed by atoms with Gasteiger partial charge in [0.05, 0.1) is 30.9 Å². The molecule has 0 N–H and O–H groups in total. The number of hydrogen-bond acceptors (Lipinski definition) is 6. The second-order valence-electron chi connectivity index (χ2n) is 5.54. The highest BCUT2D eigenvalue weighted by Crippen LogP contribution is 2.28. The summed E-state index contributed by atoms with van der Waals surface area (Å²) in [4.78, 5) is 2.08. The molecular formula is C16H18FN5OS. The van der Waals surface area contributed by atoms with E-state index in [0.717, 1.165) is 0 Å². The zero-order valence-electron chi connectivity index (χ0n) is 13.4. The van der Waals surface area contributed by atoms with Gasteiger partial charge in [0.15, 0.2) is 5.16 Å². The first-order valence-corrected chi connectivity index (χ1v) is 8.74. The van der Waals surface area contributed by atoms with E-state index in [1.807, 2.05) is 17.6 Å². The van der Waals surface area contributed by atoms with Crippen LogP contribution < -0.4 is 4.90 Å². The van der Waals surface area contributed by atoms with Crippen molar-refractivity contribution in [3.05, 3.63) is 30.1 Å². The standard InChI is InChI=1S/C16H18FN5OS/c1-12(10-18)11-24-16-20-19-15(21-5-7-23-8-6-21)22(16)14-4-2-3-13(17)9-14/h2-4,9,12H,5-8,11H2,1H3/t12-/m0/s1. The van der Waals surface area contributed by atoms with E-state index in [4.69, 9.17) is 10.00 Å². The average molecular weight is 347 g/mol. The van der Waals surface area contributed by atoms with Crippen LogP contribution in [0.2, 0.25) is 0 Å². The maximum atomic E-state index is 13.7. The number of nitriles is 1. The van der Waals surface area contributed by atoms with E-state index in [-0.39, 0.29) is 11.7 Å². The van der Waals surface area contributed by atoms with Gasteiger partial charge in [-0.3, -0.25) is 4.57 Å². The second-order valence-corrected chi connectivity index (χ2v) is 6.53. The van der Waals surface area contributed by atoms with Gasteiger partial charge in [0.1, 0.15) is 5.82 Å². The molecule has 1 atom stereocenters. The highest BCUT2D eigenvalue weighted by molar-refractivity contribution is 7.99. The van der Waals surface area contributed by atoms with Crippen molar-refractivity contribution in [3.63, 3.8) is 0 Å². The molecular weight excluding hydrogens is 329 g/mol. The van der Waals surface area contributed by atoms with E-state index >= 15 is 0 Å². The molecule has 3 rings (SSSR count). The van der Waals surface area contributed by atoms with Crippen LogP contribution in [-0.2, 0) is 4.74 Å². The average Bonchev–Trinajstić information content (AvgIpc) is 3.04. The number of benzene rings is 1. The Hall–Kier alpha value is -2.11. The lowest BCUT2D eigenvalue weighted by Crippen LogP contribution is -2.37. The highest BCUT2D eigenvalue weighted by Gasteiger charge is 2.22. The molecule has 24 heavy (non-hydrogen) atoms. The van der Waals surface area contributed by atoms with Gasteiger partial charge >= 0.3 is 0 Å². The Morgan fingerprint density at radius 1 is 1.38 bits per heavy atom. The minimum absolute atomic E-state index is 0.0977. The summed E-state index contributed by atoms with van der Waals surface area (Å²) < 4.78 is 20.9. The summed E-state index contributed by atoms with van der Waals surface area (Å²) >= 11 is 1.45. The van der Waals surface area contributed by atoms with Gasteiger partial charge in [-0.1, -0.05) is 17.8 Å². The summed E-state index contributed by atoms with van der Waals surface area (Å²) in [5.41, 5.74) is 0.675. The molecule has 1 aliphatic rings. The number of rotatable bonds is 5. The molecule has 0 saturated carbocycles. The van der Waals surface area contributed by atoms with Gasteiger partial charge in [-0.05, 0) is 25.1 Å². The Morgan fingerprint density at radius 2 is 2.17 bits per heavy atom. The largest absolute Gasteiger partial charge is 0.378 e. The summed E-state index contributed by atoms with van der Waals surface area (Å²) in [7, 11) is 0. The van der Waals surface area contributed by atoms with Crippen molar-refractivity contribution >= 4 is 17.7 Å². The third-order valence-corrected chi connectivity index (χ3v) is 4.85. The molecule has 2 heterocycles. The minimum Gasteiger partial charge on any atom is -0.378 e. The normalized spacial score (nSPS) is 16.0. The highest BCUT2D eigenvalue weighted by atomic mass is 32.2. The molecule has 126 valence electrons. The predicted molar refractivity (Wildman–Crippen MR) is 89.9 cm³/mol. The molecule has 1 fully saturated rings. The van der Waals surface area contributed by atoms with Crippen molar-refractivity contribution in [1.29, 1.82) is 5.26 Å². The molecule has 8 heteroatoms. The quantitative estimate of drug-likeness (QED) is 0.774. The summed E-state index contributed by atoms with van der Waals surface area (Å²) in [6, 6.07) is 8.58. The van der Waals surface area contributed by atoms with Gasteiger partial charge in [0.2, 0.25) is 5.95 Å². The van der Waals surface area contributed by atoms with E-state index < -0.39 is 0 Å². The lowest BCUT2D eigenvalue weighted by molar-refractivity contribution is 0.122. The van der Waals surface area contributed by atoms with Crippen molar-refractivity contribution in [1.82, 2.24) is 14.8 Å². The van der Waals surface area contributed by atoms with Gasteiger partial charge in [-0.15, -0.1) is 10.2 Å². The predicted octanol–water partition coefficient (Wildman–Crippen LogP) is 2.49. The van der Waals surface area contributed by atoms with Gasteiger partial charge in [0, 0.05) is 18.8 Å². The smallest absolute Gasteiger partial charge is 0.232 e. The molecule has 2 aromatic rings. The van der Waals surface area contributed by atoms with Crippen molar-refractivity contribution in [2.75, 3.05) is 37.0 Å². The fraction of sp³-hybridized carbons (Fsp3) is 0.438. The van der Waals surface area contributed by atoms with Crippen LogP contribution in [-0.4, -0.2) is 46.8 Å². The molecule has 6 nitrogen and oxygen atoms in total. The number of nitrogens with zero attached hydrogens (tertiary/aromatic N) is 5.